The number of esters is 1. The molecule has 0 aliphatic rings. The van der Waals surface area contributed by atoms with E-state index in [1.807, 2.05) is 13.8 Å². The first-order chi connectivity index (χ1) is 8.77. The number of carbonyl (C=O) groups is 1. The highest BCUT2D eigenvalue weighted by molar-refractivity contribution is 8.13. The number of hydrogen-bond donors (Lipinski definition) is 1. The average molecular weight is 309 g/mol. The number of aromatic nitrogens is 2. The van der Waals surface area contributed by atoms with Crippen molar-refractivity contribution < 1.29 is 17.9 Å². The SMILES string of the molecule is CCc1[nH]nc(C(=O)OCCC(C)C)c1S(=O)(=O)Cl. The molecule has 0 atom stereocenters. The molecule has 0 aliphatic heterocycles. The predicted molar refractivity (Wildman–Crippen MR) is 70.7 cm³/mol. The van der Waals surface area contributed by atoms with Crippen LogP contribution >= 0.6 is 10.7 Å². The number of nitrogens with zero attached hydrogens (tertiary/aromatic N) is 1. The van der Waals surface area contributed by atoms with E-state index in [0.29, 0.717) is 24.5 Å². The molecule has 8 heteroatoms. The van der Waals surface area contributed by atoms with E-state index in [-0.39, 0.29) is 17.2 Å². The molecule has 1 aromatic heterocycles. The summed E-state index contributed by atoms with van der Waals surface area (Å²) >= 11 is 0. The highest BCUT2D eigenvalue weighted by atomic mass is 35.7. The smallest absolute Gasteiger partial charge is 0.360 e. The van der Waals surface area contributed by atoms with Crippen molar-refractivity contribution in [2.45, 2.75) is 38.5 Å². The summed E-state index contributed by atoms with van der Waals surface area (Å²) in [4.78, 5) is 11.5. The summed E-state index contributed by atoms with van der Waals surface area (Å²) in [6, 6.07) is 0. The number of ether oxygens (including phenoxy) is 1. The topological polar surface area (TPSA) is 89.1 Å². The van der Waals surface area contributed by atoms with E-state index >= 15 is 0 Å². The summed E-state index contributed by atoms with van der Waals surface area (Å²) in [6.45, 7) is 5.93. The molecule has 108 valence electrons. The van der Waals surface area contributed by atoms with Crippen molar-refractivity contribution >= 4 is 25.7 Å². The molecule has 19 heavy (non-hydrogen) atoms. The van der Waals surface area contributed by atoms with Crippen molar-refractivity contribution in [1.29, 1.82) is 0 Å². The van der Waals surface area contributed by atoms with Gasteiger partial charge in [-0.1, -0.05) is 20.8 Å². The molecule has 0 saturated heterocycles. The fraction of sp³-hybridized carbons (Fsp3) is 0.636. The van der Waals surface area contributed by atoms with E-state index in [0.717, 1.165) is 0 Å². The maximum absolute atomic E-state index is 11.8. The zero-order valence-electron chi connectivity index (χ0n) is 11.1. The van der Waals surface area contributed by atoms with Gasteiger partial charge in [0.05, 0.1) is 12.3 Å². The van der Waals surface area contributed by atoms with Crippen LogP contribution in [0.4, 0.5) is 0 Å². The summed E-state index contributed by atoms with van der Waals surface area (Å²) in [6.07, 6.45) is 1.06. The fourth-order valence-electron chi connectivity index (χ4n) is 1.46. The van der Waals surface area contributed by atoms with Crippen LogP contribution in [-0.2, 0) is 20.2 Å². The van der Waals surface area contributed by atoms with Gasteiger partial charge >= 0.3 is 5.97 Å². The Morgan fingerprint density at radius 2 is 2.11 bits per heavy atom. The molecule has 1 N–H and O–H groups in total. The normalized spacial score (nSPS) is 11.8. The Morgan fingerprint density at radius 3 is 2.58 bits per heavy atom. The monoisotopic (exact) mass is 308 g/mol. The Kier molecular flexibility index (Phi) is 5.37. The van der Waals surface area contributed by atoms with Gasteiger partial charge in [-0.05, 0) is 18.8 Å². The summed E-state index contributed by atoms with van der Waals surface area (Å²) in [5.74, 6) is -0.398. The Labute approximate surface area is 116 Å². The van der Waals surface area contributed by atoms with Crippen molar-refractivity contribution in [3.05, 3.63) is 11.4 Å². The van der Waals surface area contributed by atoms with E-state index < -0.39 is 15.0 Å². The summed E-state index contributed by atoms with van der Waals surface area (Å²) in [5.41, 5.74) is 0.0152. The molecule has 0 fully saturated rings. The molecule has 1 rings (SSSR count). The van der Waals surface area contributed by atoms with Gasteiger partial charge in [-0.3, -0.25) is 5.10 Å². The van der Waals surface area contributed by atoms with E-state index in [9.17, 15) is 13.2 Å². The lowest BCUT2D eigenvalue weighted by Gasteiger charge is -2.06. The molecule has 1 aromatic rings. The standard InChI is InChI=1S/C11H17ClN2O4S/c1-4-8-10(19(12,16)17)9(14-13-8)11(15)18-6-5-7(2)3/h7H,4-6H2,1-3H3,(H,13,14). The molecule has 0 amide bonds. The van der Waals surface area contributed by atoms with Gasteiger partial charge in [-0.2, -0.15) is 5.10 Å². The van der Waals surface area contributed by atoms with Gasteiger partial charge in [0.15, 0.2) is 5.69 Å². The Bertz CT molecular complexity index is 551. The lowest BCUT2D eigenvalue weighted by atomic mass is 10.1. The van der Waals surface area contributed by atoms with Crippen LogP contribution in [0.15, 0.2) is 4.90 Å². The molecule has 0 spiro atoms. The predicted octanol–water partition coefficient (Wildman–Crippen LogP) is 2.10. The van der Waals surface area contributed by atoms with Gasteiger partial charge in [0.1, 0.15) is 4.90 Å². The highest BCUT2D eigenvalue weighted by Gasteiger charge is 2.28. The van der Waals surface area contributed by atoms with Crippen molar-refractivity contribution in [2.75, 3.05) is 6.61 Å². The van der Waals surface area contributed by atoms with Crippen LogP contribution < -0.4 is 0 Å². The van der Waals surface area contributed by atoms with Crippen molar-refractivity contribution in [3.63, 3.8) is 0 Å². The van der Waals surface area contributed by atoms with E-state index in [1.54, 1.807) is 6.92 Å². The lowest BCUT2D eigenvalue weighted by Crippen LogP contribution is -2.12. The second kappa shape index (κ2) is 6.38. The fourth-order valence-corrected chi connectivity index (χ4v) is 2.81. The molecule has 0 unspecified atom stereocenters. The van der Waals surface area contributed by atoms with Crippen LogP contribution in [0.25, 0.3) is 0 Å². The second-order valence-electron chi connectivity index (χ2n) is 4.49. The molecule has 1 heterocycles. The number of H-pyrrole nitrogens is 1. The number of carbonyl (C=O) groups excluding carboxylic acids is 1. The Hall–Kier alpha value is -1.08. The average Bonchev–Trinajstić information content (AvgIpc) is 2.71. The molecule has 0 aliphatic carbocycles. The van der Waals surface area contributed by atoms with Crippen LogP contribution in [0.5, 0.6) is 0 Å². The summed E-state index contributed by atoms with van der Waals surface area (Å²) in [5, 5.41) is 6.18. The molecule has 6 nitrogen and oxygen atoms in total. The third kappa shape index (κ3) is 4.21. The summed E-state index contributed by atoms with van der Waals surface area (Å²) in [7, 11) is 1.28. The highest BCUT2D eigenvalue weighted by Crippen LogP contribution is 2.23. The first-order valence-corrected chi connectivity index (χ1v) is 8.27. The zero-order valence-corrected chi connectivity index (χ0v) is 12.6. The van der Waals surface area contributed by atoms with Gasteiger partial charge < -0.3 is 4.74 Å². The van der Waals surface area contributed by atoms with E-state index in [4.69, 9.17) is 15.4 Å². The van der Waals surface area contributed by atoms with Gasteiger partial charge in [-0.15, -0.1) is 0 Å². The molecule has 0 radical (unpaired) electrons. The van der Waals surface area contributed by atoms with E-state index in [1.165, 1.54) is 0 Å². The number of aryl methyl sites for hydroxylation is 1. The minimum Gasteiger partial charge on any atom is -0.461 e. The third-order valence-corrected chi connectivity index (χ3v) is 3.90. The van der Waals surface area contributed by atoms with Crippen LogP contribution in [0.3, 0.4) is 0 Å². The van der Waals surface area contributed by atoms with Crippen LogP contribution in [-0.4, -0.2) is 31.2 Å². The molecule has 0 bridgehead atoms. The first-order valence-electron chi connectivity index (χ1n) is 5.96. The molecular weight excluding hydrogens is 292 g/mol. The van der Waals surface area contributed by atoms with Gasteiger partial charge in [0, 0.05) is 10.7 Å². The maximum atomic E-state index is 11.8. The van der Waals surface area contributed by atoms with Crippen molar-refractivity contribution in [1.82, 2.24) is 10.2 Å². The van der Waals surface area contributed by atoms with E-state index in [2.05, 4.69) is 10.2 Å². The first kappa shape index (κ1) is 16.0. The quantitative estimate of drug-likeness (QED) is 0.642. The van der Waals surface area contributed by atoms with Crippen LogP contribution in [0, 0.1) is 5.92 Å². The largest absolute Gasteiger partial charge is 0.461 e. The van der Waals surface area contributed by atoms with Gasteiger partial charge in [-0.25, -0.2) is 13.2 Å². The summed E-state index contributed by atoms with van der Waals surface area (Å²) < 4.78 is 27.9. The van der Waals surface area contributed by atoms with Gasteiger partial charge in [0.2, 0.25) is 0 Å². The number of hydrogen-bond acceptors (Lipinski definition) is 5. The van der Waals surface area contributed by atoms with Crippen molar-refractivity contribution in [2.24, 2.45) is 5.92 Å². The number of aromatic amines is 1. The second-order valence-corrected chi connectivity index (χ2v) is 6.99. The number of nitrogens with one attached hydrogen (secondary N) is 1. The molecular formula is C11H17ClN2O4S. The third-order valence-electron chi connectivity index (χ3n) is 2.51. The van der Waals surface area contributed by atoms with Crippen LogP contribution in [0.1, 0.15) is 43.4 Å². The Balaban J connectivity index is 2.95. The maximum Gasteiger partial charge on any atom is 0.360 e. The lowest BCUT2D eigenvalue weighted by molar-refractivity contribution is 0.0476. The molecule has 0 saturated carbocycles. The number of rotatable bonds is 6. The minimum atomic E-state index is -4.04. The van der Waals surface area contributed by atoms with Crippen molar-refractivity contribution in [3.8, 4) is 0 Å². The zero-order chi connectivity index (χ0) is 14.6. The Morgan fingerprint density at radius 1 is 1.47 bits per heavy atom. The number of halogens is 1. The van der Waals surface area contributed by atoms with Gasteiger partial charge in [0.25, 0.3) is 9.05 Å². The molecule has 0 aromatic carbocycles. The minimum absolute atomic E-state index is 0.215. The van der Waals surface area contributed by atoms with Crippen LogP contribution in [0.2, 0.25) is 0 Å².